The number of rotatable bonds is 5. The smallest absolute Gasteiger partial charge is 0.252 e. The minimum Gasteiger partial charge on any atom is -0.355 e. The minimum absolute atomic E-state index is 0.183. The number of hydrogen-bond acceptors (Lipinski definition) is 4. The van der Waals surface area contributed by atoms with Crippen LogP contribution in [0.15, 0.2) is 70.7 Å². The van der Waals surface area contributed by atoms with Crippen LogP contribution in [0.2, 0.25) is 0 Å². The van der Waals surface area contributed by atoms with Crippen molar-refractivity contribution in [2.24, 2.45) is 0 Å². The Bertz CT molecular complexity index is 1030. The molecule has 1 heterocycles. The number of carbonyl (C=O) groups excluding carboxylic acids is 1. The lowest BCUT2D eigenvalue weighted by molar-refractivity contribution is 0.0962. The summed E-state index contributed by atoms with van der Waals surface area (Å²) in [6, 6.07) is 14.4. The van der Waals surface area contributed by atoms with Crippen molar-refractivity contribution < 1.29 is 13.6 Å². The maximum absolute atomic E-state index is 13.3. The third-order valence-electron chi connectivity index (χ3n) is 3.74. The van der Waals surface area contributed by atoms with E-state index in [9.17, 15) is 13.6 Å². The van der Waals surface area contributed by atoms with E-state index in [1.165, 1.54) is 24.0 Å². The third kappa shape index (κ3) is 5.72. The minimum atomic E-state index is -0.948. The van der Waals surface area contributed by atoms with Crippen molar-refractivity contribution in [3.8, 4) is 0 Å². The molecule has 3 N–H and O–H groups in total. The van der Waals surface area contributed by atoms with E-state index in [-0.39, 0.29) is 11.0 Å². The summed E-state index contributed by atoms with van der Waals surface area (Å²) in [6.45, 7) is 0. The Hall–Kier alpha value is -3.04. The van der Waals surface area contributed by atoms with Crippen LogP contribution in [-0.2, 0) is 0 Å². The predicted octanol–water partition coefficient (Wildman–Crippen LogP) is 4.68. The number of aromatic nitrogens is 1. The van der Waals surface area contributed by atoms with Gasteiger partial charge in [0.1, 0.15) is 5.03 Å². The zero-order valence-electron chi connectivity index (χ0n) is 15.2. The van der Waals surface area contributed by atoms with Gasteiger partial charge in [0.05, 0.1) is 5.56 Å². The number of anilines is 2. The van der Waals surface area contributed by atoms with Crippen LogP contribution in [-0.4, -0.2) is 23.1 Å². The first kappa shape index (κ1) is 20.7. The van der Waals surface area contributed by atoms with Crippen LogP contribution in [0.4, 0.5) is 20.2 Å². The zero-order chi connectivity index (χ0) is 20.8. The van der Waals surface area contributed by atoms with E-state index in [0.717, 1.165) is 27.7 Å². The van der Waals surface area contributed by atoms with Crippen LogP contribution < -0.4 is 16.0 Å². The fraction of sp³-hybridized carbons (Fsp3) is 0.0500. The van der Waals surface area contributed by atoms with Gasteiger partial charge in [-0.1, -0.05) is 11.8 Å². The summed E-state index contributed by atoms with van der Waals surface area (Å²) in [5, 5.41) is 9.33. The number of hydrogen-bond donors (Lipinski definition) is 3. The molecule has 148 valence electrons. The number of nitrogens with one attached hydrogen (secondary N) is 3. The molecule has 3 rings (SSSR count). The molecule has 29 heavy (non-hydrogen) atoms. The molecule has 0 bridgehead atoms. The number of amides is 1. The van der Waals surface area contributed by atoms with Crippen LogP contribution in [0.5, 0.6) is 0 Å². The summed E-state index contributed by atoms with van der Waals surface area (Å²) in [6.07, 6.45) is 1.53. The van der Waals surface area contributed by atoms with E-state index in [0.29, 0.717) is 11.3 Å². The van der Waals surface area contributed by atoms with Gasteiger partial charge in [0.15, 0.2) is 16.7 Å². The van der Waals surface area contributed by atoms with Gasteiger partial charge < -0.3 is 16.0 Å². The molecule has 3 aromatic rings. The lowest BCUT2D eigenvalue weighted by Crippen LogP contribution is -2.19. The van der Waals surface area contributed by atoms with Gasteiger partial charge in [-0.05, 0) is 60.7 Å². The van der Waals surface area contributed by atoms with Crippen molar-refractivity contribution in [3.05, 3.63) is 78.0 Å². The van der Waals surface area contributed by atoms with Gasteiger partial charge in [0, 0.05) is 35.6 Å². The number of thiocarbonyl (C=S) groups is 1. The van der Waals surface area contributed by atoms with Gasteiger partial charge in [0.2, 0.25) is 0 Å². The summed E-state index contributed by atoms with van der Waals surface area (Å²) in [5.74, 6) is -2.05. The Morgan fingerprint density at radius 1 is 0.966 bits per heavy atom. The molecule has 0 fully saturated rings. The Morgan fingerprint density at radius 3 is 2.28 bits per heavy atom. The maximum atomic E-state index is 13.3. The molecule has 0 aliphatic carbocycles. The van der Waals surface area contributed by atoms with E-state index in [2.05, 4.69) is 20.9 Å². The van der Waals surface area contributed by atoms with Crippen LogP contribution in [0, 0.1) is 11.6 Å². The molecule has 0 aliphatic rings. The van der Waals surface area contributed by atoms with E-state index >= 15 is 0 Å². The molecular formula is C20H16F2N4OS2. The second kappa shape index (κ2) is 9.44. The van der Waals surface area contributed by atoms with Crippen molar-refractivity contribution in [3.63, 3.8) is 0 Å². The topological polar surface area (TPSA) is 66.1 Å². The zero-order valence-corrected chi connectivity index (χ0v) is 16.8. The quantitative estimate of drug-likeness (QED) is 0.511. The highest BCUT2D eigenvalue weighted by atomic mass is 32.2. The van der Waals surface area contributed by atoms with Crippen LogP contribution in [0.25, 0.3) is 0 Å². The molecule has 0 atom stereocenters. The van der Waals surface area contributed by atoms with Crippen molar-refractivity contribution in [2.45, 2.75) is 9.92 Å². The van der Waals surface area contributed by atoms with Gasteiger partial charge >= 0.3 is 0 Å². The average molecular weight is 431 g/mol. The van der Waals surface area contributed by atoms with Crippen molar-refractivity contribution >= 4 is 46.4 Å². The molecule has 9 heteroatoms. The molecule has 0 unspecified atom stereocenters. The Labute approximate surface area is 175 Å². The van der Waals surface area contributed by atoms with Crippen molar-refractivity contribution in [1.29, 1.82) is 0 Å². The molecule has 5 nitrogen and oxygen atoms in total. The monoisotopic (exact) mass is 430 g/mol. The summed E-state index contributed by atoms with van der Waals surface area (Å²) < 4.78 is 26.2. The highest BCUT2D eigenvalue weighted by Gasteiger charge is 2.06. The third-order valence-corrected chi connectivity index (χ3v) is 4.90. The summed E-state index contributed by atoms with van der Waals surface area (Å²) in [5.41, 5.74) is 1.58. The molecule has 0 saturated heterocycles. The number of halogens is 2. The Morgan fingerprint density at radius 2 is 1.66 bits per heavy atom. The van der Waals surface area contributed by atoms with E-state index in [1.807, 2.05) is 24.3 Å². The first-order valence-corrected chi connectivity index (χ1v) is 9.66. The van der Waals surface area contributed by atoms with E-state index in [4.69, 9.17) is 12.2 Å². The summed E-state index contributed by atoms with van der Waals surface area (Å²) >= 11 is 6.64. The molecule has 1 aromatic heterocycles. The van der Waals surface area contributed by atoms with Crippen molar-refractivity contribution in [2.75, 3.05) is 17.7 Å². The molecule has 1 amide bonds. The number of benzene rings is 2. The van der Waals surface area contributed by atoms with Crippen LogP contribution in [0.3, 0.4) is 0 Å². The average Bonchev–Trinajstić information content (AvgIpc) is 2.72. The normalized spacial score (nSPS) is 10.3. The fourth-order valence-corrected chi connectivity index (χ4v) is 3.30. The van der Waals surface area contributed by atoms with Gasteiger partial charge in [0.25, 0.3) is 5.91 Å². The van der Waals surface area contributed by atoms with Gasteiger partial charge in [-0.3, -0.25) is 4.79 Å². The summed E-state index contributed by atoms with van der Waals surface area (Å²) in [4.78, 5) is 16.8. The molecule has 0 radical (unpaired) electrons. The lowest BCUT2D eigenvalue weighted by atomic mass is 10.3. The highest BCUT2D eigenvalue weighted by molar-refractivity contribution is 7.99. The molecule has 0 saturated carbocycles. The number of nitrogens with zero attached hydrogens (tertiary/aromatic N) is 1. The second-order valence-corrected chi connectivity index (χ2v) is 7.30. The number of carbonyl (C=O) groups is 1. The molecule has 2 aromatic carbocycles. The maximum Gasteiger partial charge on any atom is 0.252 e. The van der Waals surface area contributed by atoms with Crippen LogP contribution >= 0.6 is 24.0 Å². The predicted molar refractivity (Wildman–Crippen MR) is 114 cm³/mol. The van der Waals surface area contributed by atoms with Gasteiger partial charge in [-0.15, -0.1) is 0 Å². The number of pyridine rings is 1. The van der Waals surface area contributed by atoms with Gasteiger partial charge in [-0.2, -0.15) is 0 Å². The first-order chi connectivity index (χ1) is 13.9. The fourth-order valence-electron chi connectivity index (χ4n) is 2.31. The molecular weight excluding hydrogens is 414 g/mol. The van der Waals surface area contributed by atoms with Gasteiger partial charge in [-0.25, -0.2) is 13.8 Å². The highest BCUT2D eigenvalue weighted by Crippen LogP contribution is 2.27. The lowest BCUT2D eigenvalue weighted by Gasteiger charge is -2.11. The SMILES string of the molecule is CNC(=O)c1ccc(Sc2ccc(NC(=S)Nc3ccc(F)c(F)c3)cc2)nc1. The molecule has 0 aliphatic heterocycles. The second-order valence-electron chi connectivity index (χ2n) is 5.80. The standard InChI is InChI=1S/C20H16F2N4OS2/c1-23-19(27)12-2-9-18(24-11-12)29-15-6-3-13(4-7-15)25-20(28)26-14-5-8-16(21)17(22)10-14/h2-11H,1H3,(H,23,27)(H2,25,26,28). The summed E-state index contributed by atoms with van der Waals surface area (Å²) in [7, 11) is 1.57. The van der Waals surface area contributed by atoms with E-state index in [1.54, 1.807) is 19.2 Å². The Kier molecular flexibility index (Phi) is 6.73. The molecule has 0 spiro atoms. The largest absolute Gasteiger partial charge is 0.355 e. The van der Waals surface area contributed by atoms with E-state index < -0.39 is 11.6 Å². The van der Waals surface area contributed by atoms with Crippen LogP contribution in [0.1, 0.15) is 10.4 Å². The first-order valence-electron chi connectivity index (χ1n) is 8.44. The van der Waals surface area contributed by atoms with Crippen molar-refractivity contribution in [1.82, 2.24) is 10.3 Å². The Balaban J connectivity index is 1.57.